The Morgan fingerprint density at radius 2 is 1.96 bits per heavy atom. The van der Waals surface area contributed by atoms with E-state index >= 15 is 0 Å². The first-order valence-corrected chi connectivity index (χ1v) is 8.41. The van der Waals surface area contributed by atoms with Crippen molar-refractivity contribution in [3.8, 4) is 0 Å². The fourth-order valence-electron chi connectivity index (χ4n) is 2.20. The molecule has 1 aromatic carbocycles. The van der Waals surface area contributed by atoms with E-state index in [2.05, 4.69) is 62.0 Å². The van der Waals surface area contributed by atoms with Crippen LogP contribution in [0, 0.1) is 0 Å². The number of guanidine groups is 1. The van der Waals surface area contributed by atoms with Gasteiger partial charge in [0.1, 0.15) is 12.3 Å². The van der Waals surface area contributed by atoms with Crippen LogP contribution in [-0.2, 0) is 12.0 Å². The van der Waals surface area contributed by atoms with Crippen LogP contribution in [-0.4, -0.2) is 10.9 Å². The van der Waals surface area contributed by atoms with E-state index in [0.29, 0.717) is 24.3 Å². The molecule has 0 aliphatic heterocycles. The van der Waals surface area contributed by atoms with E-state index in [1.165, 1.54) is 5.56 Å². The van der Waals surface area contributed by atoms with Gasteiger partial charge in [0, 0.05) is 11.1 Å². The van der Waals surface area contributed by atoms with E-state index < -0.39 is 0 Å². The highest BCUT2D eigenvalue weighted by molar-refractivity contribution is 5.92. The molecule has 1 heterocycles. The number of aliphatic imine (C=N–C) groups is 1. The monoisotopic (exact) mass is 328 g/mol. The minimum Gasteiger partial charge on any atom is -0.443 e. The molecule has 0 aliphatic carbocycles. The summed E-state index contributed by atoms with van der Waals surface area (Å²) in [5.74, 6) is 2.32. The Kier molecular flexibility index (Phi) is 5.65. The lowest BCUT2D eigenvalue weighted by atomic mass is 9.94. The quantitative estimate of drug-likeness (QED) is 0.629. The van der Waals surface area contributed by atoms with Gasteiger partial charge in [-0.1, -0.05) is 46.8 Å². The highest BCUT2D eigenvalue weighted by Crippen LogP contribution is 2.23. The van der Waals surface area contributed by atoms with E-state index in [4.69, 9.17) is 10.2 Å². The predicted octanol–water partition coefficient (Wildman–Crippen LogP) is 4.41. The van der Waals surface area contributed by atoms with E-state index in [0.717, 1.165) is 17.9 Å². The number of hydrogen-bond donors (Lipinski definition) is 2. The number of rotatable bonds is 5. The first kappa shape index (κ1) is 18.0. The minimum absolute atomic E-state index is 0.0594. The van der Waals surface area contributed by atoms with E-state index in [1.54, 1.807) is 6.20 Å². The molecule has 1 unspecified atom stereocenters. The standard InChI is InChI=1S/C19H28N4O/c1-6-13(2)14-7-9-15(10-8-14)23-18(20)22-12-17-21-11-16(24-17)19(3,4)5/h7-11,13H,6,12H2,1-5H3,(H3,20,22,23). The van der Waals surface area contributed by atoms with Crippen LogP contribution in [0.25, 0.3) is 0 Å². The number of nitrogens with zero attached hydrogens (tertiary/aromatic N) is 2. The molecule has 0 amide bonds. The van der Waals surface area contributed by atoms with Crippen LogP contribution >= 0.6 is 0 Å². The van der Waals surface area contributed by atoms with Gasteiger partial charge in [-0.05, 0) is 30.0 Å². The molecule has 1 atom stereocenters. The lowest BCUT2D eigenvalue weighted by Crippen LogP contribution is -2.22. The number of anilines is 1. The van der Waals surface area contributed by atoms with Crippen LogP contribution in [0.2, 0.25) is 0 Å². The first-order chi connectivity index (χ1) is 11.3. The third kappa shape index (κ3) is 4.85. The van der Waals surface area contributed by atoms with Gasteiger partial charge in [0.2, 0.25) is 5.89 Å². The lowest BCUT2D eigenvalue weighted by Gasteiger charge is -2.13. The largest absolute Gasteiger partial charge is 0.443 e. The summed E-state index contributed by atoms with van der Waals surface area (Å²) in [7, 11) is 0. The van der Waals surface area contributed by atoms with Crippen molar-refractivity contribution in [2.45, 2.75) is 58.9 Å². The van der Waals surface area contributed by atoms with Crippen molar-refractivity contribution in [3.05, 3.63) is 47.7 Å². The summed E-state index contributed by atoms with van der Waals surface area (Å²) in [4.78, 5) is 8.53. The second kappa shape index (κ2) is 7.51. The van der Waals surface area contributed by atoms with Gasteiger partial charge in [0.05, 0.1) is 6.20 Å². The van der Waals surface area contributed by atoms with E-state index in [1.807, 2.05) is 12.1 Å². The summed E-state index contributed by atoms with van der Waals surface area (Å²) >= 11 is 0. The van der Waals surface area contributed by atoms with Crippen molar-refractivity contribution in [3.63, 3.8) is 0 Å². The Labute approximate surface area is 144 Å². The maximum absolute atomic E-state index is 5.94. The first-order valence-electron chi connectivity index (χ1n) is 8.41. The highest BCUT2D eigenvalue weighted by atomic mass is 16.4. The van der Waals surface area contributed by atoms with E-state index in [-0.39, 0.29) is 5.41 Å². The Morgan fingerprint density at radius 3 is 2.50 bits per heavy atom. The Morgan fingerprint density at radius 1 is 1.29 bits per heavy atom. The van der Waals surface area contributed by atoms with Crippen LogP contribution in [0.15, 0.2) is 39.9 Å². The Hall–Kier alpha value is -2.30. The summed E-state index contributed by atoms with van der Waals surface area (Å²) in [6, 6.07) is 8.28. The second-order valence-corrected chi connectivity index (χ2v) is 7.13. The second-order valence-electron chi connectivity index (χ2n) is 7.13. The molecule has 130 valence electrons. The third-order valence-corrected chi connectivity index (χ3v) is 4.04. The van der Waals surface area contributed by atoms with Crippen LogP contribution in [0.4, 0.5) is 5.69 Å². The Bertz CT molecular complexity index is 680. The summed E-state index contributed by atoms with van der Waals surface area (Å²) in [5.41, 5.74) is 8.13. The maximum atomic E-state index is 5.94. The van der Waals surface area contributed by atoms with Crippen LogP contribution in [0.1, 0.15) is 64.2 Å². The molecule has 2 rings (SSSR count). The average molecular weight is 328 g/mol. The smallest absolute Gasteiger partial charge is 0.216 e. The summed E-state index contributed by atoms with van der Waals surface area (Å²) in [6.45, 7) is 11.0. The third-order valence-electron chi connectivity index (χ3n) is 4.04. The molecule has 1 aromatic heterocycles. The topological polar surface area (TPSA) is 76.4 Å². The molecule has 5 nitrogen and oxygen atoms in total. The van der Waals surface area contributed by atoms with Crippen LogP contribution < -0.4 is 11.1 Å². The summed E-state index contributed by atoms with van der Waals surface area (Å²) in [5, 5.41) is 3.09. The van der Waals surface area contributed by atoms with Crippen molar-refractivity contribution in [2.75, 3.05) is 5.32 Å². The van der Waals surface area contributed by atoms with Crippen molar-refractivity contribution in [1.82, 2.24) is 4.98 Å². The number of oxazole rings is 1. The zero-order chi connectivity index (χ0) is 17.7. The van der Waals surface area contributed by atoms with Gasteiger partial charge >= 0.3 is 0 Å². The zero-order valence-corrected chi connectivity index (χ0v) is 15.3. The molecular formula is C19H28N4O. The fraction of sp³-hybridized carbons (Fsp3) is 0.474. The molecule has 0 radical (unpaired) electrons. The number of benzene rings is 1. The molecule has 24 heavy (non-hydrogen) atoms. The van der Waals surface area contributed by atoms with Crippen molar-refractivity contribution < 1.29 is 4.42 Å². The number of aromatic nitrogens is 1. The normalized spacial score (nSPS) is 13.8. The van der Waals surface area contributed by atoms with Gasteiger partial charge in [-0.2, -0.15) is 0 Å². The van der Waals surface area contributed by atoms with Crippen molar-refractivity contribution >= 4 is 11.6 Å². The predicted molar refractivity (Wildman–Crippen MR) is 99.3 cm³/mol. The molecule has 0 fully saturated rings. The van der Waals surface area contributed by atoms with Gasteiger partial charge in [-0.15, -0.1) is 0 Å². The molecule has 0 spiro atoms. The zero-order valence-electron chi connectivity index (χ0n) is 15.3. The minimum atomic E-state index is -0.0594. The Balaban J connectivity index is 1.95. The summed E-state index contributed by atoms with van der Waals surface area (Å²) in [6.07, 6.45) is 2.88. The molecule has 0 saturated carbocycles. The van der Waals surface area contributed by atoms with Gasteiger partial charge in [0.15, 0.2) is 5.96 Å². The molecule has 3 N–H and O–H groups in total. The molecule has 0 bridgehead atoms. The highest BCUT2D eigenvalue weighted by Gasteiger charge is 2.18. The fourth-order valence-corrected chi connectivity index (χ4v) is 2.20. The molecule has 5 heteroatoms. The van der Waals surface area contributed by atoms with Gasteiger partial charge < -0.3 is 15.5 Å². The van der Waals surface area contributed by atoms with Gasteiger partial charge in [0.25, 0.3) is 0 Å². The maximum Gasteiger partial charge on any atom is 0.216 e. The molecule has 0 aliphatic rings. The summed E-state index contributed by atoms with van der Waals surface area (Å²) < 4.78 is 5.70. The number of nitrogens with two attached hydrogens (primary N) is 1. The van der Waals surface area contributed by atoms with Crippen LogP contribution in [0.3, 0.4) is 0 Å². The van der Waals surface area contributed by atoms with Crippen LogP contribution in [0.5, 0.6) is 0 Å². The van der Waals surface area contributed by atoms with Crippen molar-refractivity contribution in [1.29, 1.82) is 0 Å². The number of hydrogen-bond acceptors (Lipinski definition) is 3. The molecule has 0 saturated heterocycles. The average Bonchev–Trinajstić information content (AvgIpc) is 3.02. The van der Waals surface area contributed by atoms with E-state index in [9.17, 15) is 0 Å². The van der Waals surface area contributed by atoms with Gasteiger partial charge in [-0.25, -0.2) is 9.98 Å². The SMILES string of the molecule is CCC(C)c1ccc(NC(N)=NCc2ncc(C(C)(C)C)o2)cc1. The molecular weight excluding hydrogens is 300 g/mol. The molecule has 2 aromatic rings. The van der Waals surface area contributed by atoms with Crippen molar-refractivity contribution in [2.24, 2.45) is 10.7 Å². The lowest BCUT2D eigenvalue weighted by molar-refractivity contribution is 0.383. The van der Waals surface area contributed by atoms with Gasteiger partial charge in [-0.3, -0.25) is 0 Å². The number of nitrogens with one attached hydrogen (secondary N) is 1.